The Kier molecular flexibility index (Phi) is 5.31. The van der Waals surface area contributed by atoms with E-state index in [2.05, 4.69) is 5.32 Å². The van der Waals surface area contributed by atoms with Crippen LogP contribution in [0, 0.1) is 0 Å². The molecule has 106 valence electrons. The quantitative estimate of drug-likeness (QED) is 0.838. The Balaban J connectivity index is 2.72. The Bertz CT molecular complexity index is 430. The first kappa shape index (κ1) is 15.5. The second kappa shape index (κ2) is 6.53. The van der Waals surface area contributed by atoms with E-state index in [0.29, 0.717) is 0 Å². The van der Waals surface area contributed by atoms with Crippen molar-refractivity contribution in [3.63, 3.8) is 0 Å². The van der Waals surface area contributed by atoms with Gasteiger partial charge >= 0.3 is 6.18 Å². The van der Waals surface area contributed by atoms with Crippen molar-refractivity contribution in [1.82, 2.24) is 5.32 Å². The summed E-state index contributed by atoms with van der Waals surface area (Å²) in [5.41, 5.74) is -0.934. The zero-order valence-electron chi connectivity index (χ0n) is 10.5. The number of halogens is 3. The maximum absolute atomic E-state index is 12.5. The highest BCUT2D eigenvalue weighted by Crippen LogP contribution is 2.29. The summed E-state index contributed by atoms with van der Waals surface area (Å²) >= 11 is 0. The predicted octanol–water partition coefficient (Wildman–Crippen LogP) is 2.05. The summed E-state index contributed by atoms with van der Waals surface area (Å²) in [5, 5.41) is 2.42. The Morgan fingerprint density at radius 1 is 1.32 bits per heavy atom. The first-order valence-corrected chi connectivity index (χ1v) is 5.39. The van der Waals surface area contributed by atoms with E-state index in [1.165, 1.54) is 26.4 Å². The molecule has 0 unspecified atom stereocenters. The Morgan fingerprint density at radius 2 is 1.95 bits per heavy atom. The number of carbonyl (C=O) groups excluding carboxylic acids is 1. The fourth-order valence-electron chi connectivity index (χ4n) is 1.38. The van der Waals surface area contributed by atoms with Crippen LogP contribution in [0.4, 0.5) is 13.2 Å². The van der Waals surface area contributed by atoms with Crippen LogP contribution in [0.5, 0.6) is 0 Å². The summed E-state index contributed by atoms with van der Waals surface area (Å²) < 4.78 is 47.1. The van der Waals surface area contributed by atoms with Gasteiger partial charge in [-0.25, -0.2) is 0 Å². The summed E-state index contributed by atoms with van der Waals surface area (Å²) in [5.74, 6) is -0.620. The van der Waals surface area contributed by atoms with E-state index in [9.17, 15) is 18.0 Å². The van der Waals surface area contributed by atoms with Crippen molar-refractivity contribution >= 4 is 5.91 Å². The van der Waals surface area contributed by atoms with Crippen LogP contribution in [0.25, 0.3) is 0 Å². The van der Waals surface area contributed by atoms with Gasteiger partial charge in [0.05, 0.1) is 12.1 Å². The predicted molar refractivity (Wildman–Crippen MR) is 61.6 cm³/mol. The van der Waals surface area contributed by atoms with Gasteiger partial charge in [-0.3, -0.25) is 4.79 Å². The Hall–Kier alpha value is -1.60. The summed E-state index contributed by atoms with van der Waals surface area (Å²) in [7, 11) is 2.79. The summed E-state index contributed by atoms with van der Waals surface area (Å²) in [6, 6.07) is 4.19. The number of hydrogen-bond acceptors (Lipinski definition) is 3. The first-order valence-electron chi connectivity index (χ1n) is 5.39. The summed E-state index contributed by atoms with van der Waals surface area (Å²) in [6.07, 6.45) is -5.12. The standard InChI is InChI=1S/C12H14F3NO3/c1-18-10(19-2)7-16-11(17)8-4-3-5-9(6-8)12(13,14)15/h3-6,10H,7H2,1-2H3,(H,16,17). The Labute approximate surface area is 108 Å². The fourth-order valence-corrected chi connectivity index (χ4v) is 1.38. The molecule has 0 saturated heterocycles. The molecule has 1 aromatic rings. The largest absolute Gasteiger partial charge is 0.416 e. The van der Waals surface area contributed by atoms with Crippen molar-refractivity contribution in [3.05, 3.63) is 35.4 Å². The number of methoxy groups -OCH3 is 2. The second-order valence-electron chi connectivity index (χ2n) is 3.69. The average molecular weight is 277 g/mol. The number of amides is 1. The van der Waals surface area contributed by atoms with Gasteiger partial charge in [0, 0.05) is 19.8 Å². The molecule has 0 fully saturated rings. The SMILES string of the molecule is COC(CNC(=O)c1cccc(C(F)(F)F)c1)OC. The summed E-state index contributed by atoms with van der Waals surface area (Å²) in [4.78, 5) is 11.7. The number of ether oxygens (including phenoxy) is 2. The molecule has 19 heavy (non-hydrogen) atoms. The van der Waals surface area contributed by atoms with Gasteiger partial charge in [-0.05, 0) is 18.2 Å². The molecule has 0 saturated carbocycles. The average Bonchev–Trinajstić information content (AvgIpc) is 2.39. The van der Waals surface area contributed by atoms with Gasteiger partial charge in [0.25, 0.3) is 5.91 Å². The molecule has 0 heterocycles. The maximum Gasteiger partial charge on any atom is 0.416 e. The minimum atomic E-state index is -4.47. The molecule has 0 aromatic heterocycles. The van der Waals surface area contributed by atoms with Gasteiger partial charge < -0.3 is 14.8 Å². The minimum absolute atomic E-state index is 0.0437. The third kappa shape index (κ3) is 4.53. The fraction of sp³-hybridized carbons (Fsp3) is 0.417. The van der Waals surface area contributed by atoms with Crippen LogP contribution < -0.4 is 5.32 Å². The molecule has 1 amide bonds. The number of carbonyl (C=O) groups is 1. The lowest BCUT2D eigenvalue weighted by Gasteiger charge is -2.14. The number of hydrogen-bond donors (Lipinski definition) is 1. The van der Waals surface area contributed by atoms with Crippen molar-refractivity contribution in [2.75, 3.05) is 20.8 Å². The van der Waals surface area contributed by atoms with Crippen LogP contribution in [0.15, 0.2) is 24.3 Å². The van der Waals surface area contributed by atoms with Gasteiger partial charge in [0.15, 0.2) is 6.29 Å². The van der Waals surface area contributed by atoms with Gasteiger partial charge in [0.1, 0.15) is 0 Å². The second-order valence-corrected chi connectivity index (χ2v) is 3.69. The number of rotatable bonds is 5. The molecule has 0 aliphatic heterocycles. The first-order chi connectivity index (χ1) is 8.88. The molecule has 7 heteroatoms. The maximum atomic E-state index is 12.5. The topological polar surface area (TPSA) is 47.6 Å². The number of alkyl halides is 3. The van der Waals surface area contributed by atoms with Gasteiger partial charge in [-0.15, -0.1) is 0 Å². The van der Waals surface area contributed by atoms with Crippen molar-refractivity contribution in [2.24, 2.45) is 0 Å². The van der Waals surface area contributed by atoms with Crippen LogP contribution in [-0.2, 0) is 15.7 Å². The van der Waals surface area contributed by atoms with Crippen molar-refractivity contribution in [2.45, 2.75) is 12.5 Å². The minimum Gasteiger partial charge on any atom is -0.354 e. The van der Waals surface area contributed by atoms with Crippen LogP contribution in [-0.4, -0.2) is 33.0 Å². The van der Waals surface area contributed by atoms with E-state index in [1.807, 2.05) is 0 Å². The van der Waals surface area contributed by atoms with Crippen molar-refractivity contribution in [3.8, 4) is 0 Å². The molecule has 1 N–H and O–H groups in total. The molecule has 0 atom stereocenters. The van der Waals surface area contributed by atoms with Crippen molar-refractivity contribution in [1.29, 1.82) is 0 Å². The molecule has 1 aromatic carbocycles. The summed E-state index contributed by atoms with van der Waals surface area (Å²) in [6.45, 7) is 0.0437. The molecule has 4 nitrogen and oxygen atoms in total. The molecule has 0 radical (unpaired) electrons. The molecular weight excluding hydrogens is 263 g/mol. The highest BCUT2D eigenvalue weighted by Gasteiger charge is 2.30. The van der Waals surface area contributed by atoms with E-state index in [0.717, 1.165) is 12.1 Å². The van der Waals surface area contributed by atoms with E-state index >= 15 is 0 Å². The molecule has 0 aliphatic rings. The molecule has 0 spiro atoms. The third-order valence-electron chi connectivity index (χ3n) is 2.41. The number of nitrogens with one attached hydrogen (secondary N) is 1. The monoisotopic (exact) mass is 277 g/mol. The highest BCUT2D eigenvalue weighted by atomic mass is 19.4. The normalized spacial score (nSPS) is 11.7. The lowest BCUT2D eigenvalue weighted by atomic mass is 10.1. The van der Waals surface area contributed by atoms with Gasteiger partial charge in [0.2, 0.25) is 0 Å². The molecule has 1 rings (SSSR count). The third-order valence-corrected chi connectivity index (χ3v) is 2.41. The molecule has 0 bridgehead atoms. The van der Waals surface area contributed by atoms with E-state index in [-0.39, 0.29) is 12.1 Å². The van der Waals surface area contributed by atoms with Crippen molar-refractivity contribution < 1.29 is 27.4 Å². The van der Waals surface area contributed by atoms with Crippen LogP contribution in [0.3, 0.4) is 0 Å². The molecule has 0 aliphatic carbocycles. The smallest absolute Gasteiger partial charge is 0.354 e. The zero-order chi connectivity index (χ0) is 14.5. The molecular formula is C12H14F3NO3. The lowest BCUT2D eigenvalue weighted by Crippen LogP contribution is -2.34. The van der Waals surface area contributed by atoms with E-state index in [4.69, 9.17) is 9.47 Å². The van der Waals surface area contributed by atoms with Gasteiger partial charge in [-0.2, -0.15) is 13.2 Å². The van der Waals surface area contributed by atoms with Gasteiger partial charge in [-0.1, -0.05) is 6.07 Å². The van der Waals surface area contributed by atoms with Crippen LogP contribution in [0.1, 0.15) is 15.9 Å². The lowest BCUT2D eigenvalue weighted by molar-refractivity contribution is -0.137. The van der Waals surface area contributed by atoms with Crippen LogP contribution >= 0.6 is 0 Å². The zero-order valence-corrected chi connectivity index (χ0v) is 10.5. The number of benzene rings is 1. The highest BCUT2D eigenvalue weighted by molar-refractivity contribution is 5.94. The Morgan fingerprint density at radius 3 is 2.47 bits per heavy atom. The van der Waals surface area contributed by atoms with E-state index in [1.54, 1.807) is 0 Å². The van der Waals surface area contributed by atoms with E-state index < -0.39 is 23.9 Å². The van der Waals surface area contributed by atoms with Crippen LogP contribution in [0.2, 0.25) is 0 Å².